The molecule has 4 aromatic rings. The van der Waals surface area contributed by atoms with Gasteiger partial charge in [0.25, 0.3) is 11.5 Å². The maximum atomic E-state index is 13.2. The van der Waals surface area contributed by atoms with Crippen molar-refractivity contribution >= 4 is 34.2 Å². The minimum absolute atomic E-state index is 0.106. The first-order valence-electron chi connectivity index (χ1n) is 10.4. The number of nitrogens with zero attached hydrogens (tertiary/aromatic N) is 2. The number of fused-ring (bicyclic) bond motifs is 1. The zero-order valence-corrected chi connectivity index (χ0v) is 19.1. The molecule has 0 spiro atoms. The Morgan fingerprint density at radius 2 is 1.74 bits per heavy atom. The van der Waals surface area contributed by atoms with Crippen LogP contribution in [-0.4, -0.2) is 33.0 Å². The van der Waals surface area contributed by atoms with E-state index in [0.717, 1.165) is 10.1 Å². The standard InChI is InChI=1S/C24H23N5O5/c1-13-5-8-16(9-6-13)29-23(32)21-20(27-24(29)33)17(12-28(21)3)22(31)26-18-11-15(25-14(2)30)7-10-19(18)34-4/h5-12H,1-4H3,(H,25,30)(H,26,31)(H,27,33). The fraction of sp³-hybridized carbons (Fsp3) is 0.167. The molecule has 0 bridgehead atoms. The van der Waals surface area contributed by atoms with Gasteiger partial charge < -0.3 is 24.9 Å². The van der Waals surface area contributed by atoms with Crippen molar-refractivity contribution in [2.75, 3.05) is 17.7 Å². The molecule has 3 N–H and O–H groups in total. The third-order valence-electron chi connectivity index (χ3n) is 5.33. The Labute approximate surface area is 193 Å². The number of H-pyrrole nitrogens is 1. The van der Waals surface area contributed by atoms with Crippen LogP contribution in [-0.2, 0) is 11.8 Å². The van der Waals surface area contributed by atoms with Crippen LogP contribution in [0.1, 0.15) is 22.8 Å². The van der Waals surface area contributed by atoms with Gasteiger partial charge in [0.2, 0.25) is 5.91 Å². The molecule has 2 amide bonds. The Morgan fingerprint density at radius 1 is 1.03 bits per heavy atom. The van der Waals surface area contributed by atoms with E-state index in [1.807, 2.05) is 6.92 Å². The highest BCUT2D eigenvalue weighted by molar-refractivity contribution is 6.12. The number of carbonyl (C=O) groups is 2. The van der Waals surface area contributed by atoms with Crippen LogP contribution in [0.25, 0.3) is 16.7 Å². The molecule has 2 aromatic carbocycles. The van der Waals surface area contributed by atoms with Gasteiger partial charge in [-0.25, -0.2) is 9.36 Å². The number of hydrogen-bond acceptors (Lipinski definition) is 5. The molecule has 0 saturated carbocycles. The second-order valence-corrected chi connectivity index (χ2v) is 7.83. The Hall–Kier alpha value is -4.60. The third kappa shape index (κ3) is 4.08. The lowest BCUT2D eigenvalue weighted by atomic mass is 10.2. The van der Waals surface area contributed by atoms with Gasteiger partial charge in [0, 0.05) is 25.9 Å². The van der Waals surface area contributed by atoms with Crippen LogP contribution in [0, 0.1) is 6.92 Å². The Kier molecular flexibility index (Phi) is 5.80. The number of benzene rings is 2. The van der Waals surface area contributed by atoms with Gasteiger partial charge in [0.15, 0.2) is 0 Å². The third-order valence-corrected chi connectivity index (χ3v) is 5.33. The Balaban J connectivity index is 1.78. The molecule has 0 unspecified atom stereocenters. The minimum Gasteiger partial charge on any atom is -0.495 e. The van der Waals surface area contributed by atoms with E-state index in [9.17, 15) is 19.2 Å². The van der Waals surface area contributed by atoms with Crippen molar-refractivity contribution in [3.8, 4) is 11.4 Å². The fourth-order valence-corrected chi connectivity index (χ4v) is 3.75. The number of aryl methyl sites for hydroxylation is 2. The topological polar surface area (TPSA) is 127 Å². The van der Waals surface area contributed by atoms with E-state index in [1.165, 1.54) is 24.8 Å². The zero-order chi connectivity index (χ0) is 24.6. The van der Waals surface area contributed by atoms with Gasteiger partial charge in [-0.2, -0.15) is 0 Å². The summed E-state index contributed by atoms with van der Waals surface area (Å²) in [6, 6.07) is 11.8. The number of ether oxygens (including phenoxy) is 1. The summed E-state index contributed by atoms with van der Waals surface area (Å²) in [6.07, 6.45) is 1.47. The first kappa shape index (κ1) is 22.6. The second-order valence-electron chi connectivity index (χ2n) is 7.83. The van der Waals surface area contributed by atoms with Crippen LogP contribution in [0.5, 0.6) is 5.75 Å². The van der Waals surface area contributed by atoms with Crippen LogP contribution in [0.4, 0.5) is 11.4 Å². The van der Waals surface area contributed by atoms with E-state index in [4.69, 9.17) is 4.74 Å². The highest BCUT2D eigenvalue weighted by Gasteiger charge is 2.21. The summed E-state index contributed by atoms with van der Waals surface area (Å²) in [5.74, 6) is -0.455. The maximum Gasteiger partial charge on any atom is 0.333 e. The molecule has 0 aliphatic rings. The van der Waals surface area contributed by atoms with Crippen molar-refractivity contribution in [1.82, 2.24) is 14.1 Å². The monoisotopic (exact) mass is 461 g/mol. The molecule has 34 heavy (non-hydrogen) atoms. The van der Waals surface area contributed by atoms with Crippen molar-refractivity contribution in [2.45, 2.75) is 13.8 Å². The van der Waals surface area contributed by atoms with E-state index in [2.05, 4.69) is 15.6 Å². The van der Waals surface area contributed by atoms with E-state index in [-0.39, 0.29) is 22.5 Å². The Bertz CT molecular complexity index is 1540. The molecular formula is C24H23N5O5. The van der Waals surface area contributed by atoms with E-state index in [0.29, 0.717) is 22.8 Å². The highest BCUT2D eigenvalue weighted by atomic mass is 16.5. The molecule has 174 valence electrons. The van der Waals surface area contributed by atoms with Crippen molar-refractivity contribution < 1.29 is 14.3 Å². The van der Waals surface area contributed by atoms with Gasteiger partial charge in [-0.3, -0.25) is 14.4 Å². The molecule has 2 heterocycles. The first-order chi connectivity index (χ1) is 16.2. The molecule has 0 fully saturated rings. The summed E-state index contributed by atoms with van der Waals surface area (Å²) in [4.78, 5) is 53.3. The van der Waals surface area contributed by atoms with Gasteiger partial charge in [-0.1, -0.05) is 17.7 Å². The lowest BCUT2D eigenvalue weighted by molar-refractivity contribution is -0.114. The number of hydrogen-bond donors (Lipinski definition) is 3. The molecular weight excluding hydrogens is 438 g/mol. The van der Waals surface area contributed by atoms with Crippen molar-refractivity contribution in [1.29, 1.82) is 0 Å². The first-order valence-corrected chi connectivity index (χ1v) is 10.4. The van der Waals surface area contributed by atoms with Crippen LogP contribution >= 0.6 is 0 Å². The second kappa shape index (κ2) is 8.74. The maximum absolute atomic E-state index is 13.2. The summed E-state index contributed by atoms with van der Waals surface area (Å²) in [5.41, 5.74) is 1.38. The molecule has 10 nitrogen and oxygen atoms in total. The lowest BCUT2D eigenvalue weighted by Gasteiger charge is -2.12. The molecule has 0 radical (unpaired) electrons. The summed E-state index contributed by atoms with van der Waals surface area (Å²) in [5, 5.41) is 5.37. The van der Waals surface area contributed by atoms with Gasteiger partial charge in [-0.15, -0.1) is 0 Å². The SMILES string of the molecule is COc1ccc(NC(C)=O)cc1NC(=O)c1cn(C)c2c(=O)n(-c3ccc(C)cc3)c(=O)[nH]c12. The number of aromatic nitrogens is 3. The normalized spacial score (nSPS) is 10.8. The molecule has 2 aromatic heterocycles. The van der Waals surface area contributed by atoms with Crippen molar-refractivity contribution in [2.24, 2.45) is 7.05 Å². The number of nitrogens with one attached hydrogen (secondary N) is 3. The number of anilines is 2. The van der Waals surface area contributed by atoms with Gasteiger partial charge in [-0.05, 0) is 37.3 Å². The molecule has 0 aliphatic carbocycles. The summed E-state index contributed by atoms with van der Waals surface area (Å²) >= 11 is 0. The smallest absolute Gasteiger partial charge is 0.333 e. The quantitative estimate of drug-likeness (QED) is 0.421. The lowest BCUT2D eigenvalue weighted by Crippen LogP contribution is -2.34. The predicted molar refractivity (Wildman–Crippen MR) is 129 cm³/mol. The van der Waals surface area contributed by atoms with E-state index in [1.54, 1.807) is 49.5 Å². The Morgan fingerprint density at radius 3 is 2.38 bits per heavy atom. The van der Waals surface area contributed by atoms with Crippen LogP contribution < -0.4 is 26.6 Å². The number of carbonyl (C=O) groups excluding carboxylic acids is 2. The van der Waals surface area contributed by atoms with Gasteiger partial charge in [0.05, 0.1) is 29.6 Å². The van der Waals surface area contributed by atoms with Gasteiger partial charge in [0.1, 0.15) is 11.3 Å². The van der Waals surface area contributed by atoms with Crippen LogP contribution in [0.15, 0.2) is 58.3 Å². The largest absolute Gasteiger partial charge is 0.495 e. The van der Waals surface area contributed by atoms with E-state index < -0.39 is 17.2 Å². The zero-order valence-electron chi connectivity index (χ0n) is 19.1. The summed E-state index contributed by atoms with van der Waals surface area (Å²) < 4.78 is 7.83. The molecule has 4 rings (SSSR count). The number of rotatable bonds is 5. The minimum atomic E-state index is -0.660. The molecule has 0 atom stereocenters. The van der Waals surface area contributed by atoms with Crippen molar-refractivity contribution in [3.05, 3.63) is 80.6 Å². The highest BCUT2D eigenvalue weighted by Crippen LogP contribution is 2.29. The van der Waals surface area contributed by atoms with Gasteiger partial charge >= 0.3 is 5.69 Å². The molecule has 0 saturated heterocycles. The summed E-state index contributed by atoms with van der Waals surface area (Å²) in [6.45, 7) is 3.28. The average Bonchev–Trinajstić information content (AvgIpc) is 3.11. The average molecular weight is 461 g/mol. The fourth-order valence-electron chi connectivity index (χ4n) is 3.75. The number of aromatic amines is 1. The number of methoxy groups -OCH3 is 1. The van der Waals surface area contributed by atoms with Crippen LogP contribution in [0.3, 0.4) is 0 Å². The van der Waals surface area contributed by atoms with E-state index >= 15 is 0 Å². The molecule has 10 heteroatoms. The van der Waals surface area contributed by atoms with Crippen LogP contribution in [0.2, 0.25) is 0 Å². The molecule has 0 aliphatic heterocycles. The summed E-state index contributed by atoms with van der Waals surface area (Å²) in [7, 11) is 3.07. The predicted octanol–water partition coefficient (Wildman–Crippen LogP) is 2.55. The number of amides is 2. The van der Waals surface area contributed by atoms with Crippen molar-refractivity contribution in [3.63, 3.8) is 0 Å².